The lowest BCUT2D eigenvalue weighted by atomic mass is 9.98. The van der Waals surface area contributed by atoms with Crippen LogP contribution in [0, 0.1) is 19.8 Å². The second kappa shape index (κ2) is 2.60. The van der Waals surface area contributed by atoms with Crippen molar-refractivity contribution in [1.29, 1.82) is 0 Å². The van der Waals surface area contributed by atoms with Gasteiger partial charge in [0.15, 0.2) is 0 Å². The van der Waals surface area contributed by atoms with Gasteiger partial charge in [0.25, 0.3) is 0 Å². The number of imidazole rings is 1. The lowest BCUT2D eigenvalue weighted by Gasteiger charge is -2.27. The normalized spacial score (nSPS) is 17.8. The molecular formula is C11H18N2. The predicted octanol–water partition coefficient (Wildman–Crippen LogP) is 2.65. The summed E-state index contributed by atoms with van der Waals surface area (Å²) in [5.74, 6) is 2.01. The van der Waals surface area contributed by atoms with Gasteiger partial charge in [0.05, 0.1) is 5.69 Å². The van der Waals surface area contributed by atoms with Gasteiger partial charge in [0, 0.05) is 11.7 Å². The maximum absolute atomic E-state index is 4.45. The number of rotatable bonds is 2. The zero-order chi connectivity index (χ0) is 9.64. The topological polar surface area (TPSA) is 17.8 Å². The Bertz CT molecular complexity index is 319. The average Bonchev–Trinajstić information content (AvgIpc) is 2.78. The average molecular weight is 178 g/mol. The largest absolute Gasteiger partial charge is 0.329 e. The van der Waals surface area contributed by atoms with E-state index in [4.69, 9.17) is 0 Å². The minimum Gasteiger partial charge on any atom is -0.329 e. The van der Waals surface area contributed by atoms with E-state index in [2.05, 4.69) is 43.4 Å². The van der Waals surface area contributed by atoms with Crippen molar-refractivity contribution >= 4 is 0 Å². The number of hydrogen-bond donors (Lipinski definition) is 0. The van der Waals surface area contributed by atoms with E-state index in [0.717, 1.165) is 17.4 Å². The summed E-state index contributed by atoms with van der Waals surface area (Å²) in [5, 5.41) is 0. The van der Waals surface area contributed by atoms with Crippen LogP contribution in [0.4, 0.5) is 0 Å². The number of aromatic nitrogens is 2. The van der Waals surface area contributed by atoms with Crippen LogP contribution in [0.3, 0.4) is 0 Å². The second-order valence-electron chi connectivity index (χ2n) is 4.73. The van der Waals surface area contributed by atoms with E-state index >= 15 is 0 Å². The van der Waals surface area contributed by atoms with E-state index in [1.54, 1.807) is 0 Å². The molecule has 0 amide bonds. The van der Waals surface area contributed by atoms with Gasteiger partial charge < -0.3 is 4.57 Å². The van der Waals surface area contributed by atoms with Crippen LogP contribution < -0.4 is 0 Å². The third-order valence-electron chi connectivity index (χ3n) is 3.20. The van der Waals surface area contributed by atoms with Crippen LogP contribution in [0.15, 0.2) is 6.20 Å². The fourth-order valence-corrected chi connectivity index (χ4v) is 2.19. The van der Waals surface area contributed by atoms with Gasteiger partial charge in [-0.1, -0.05) is 0 Å². The monoisotopic (exact) mass is 178 g/mol. The third kappa shape index (κ3) is 1.38. The molecule has 0 N–H and O–H groups in total. The molecule has 1 aromatic heterocycles. The van der Waals surface area contributed by atoms with Crippen molar-refractivity contribution in [1.82, 2.24) is 9.55 Å². The van der Waals surface area contributed by atoms with Crippen LogP contribution >= 0.6 is 0 Å². The van der Waals surface area contributed by atoms with Crippen molar-refractivity contribution in [2.75, 3.05) is 0 Å². The summed E-state index contributed by atoms with van der Waals surface area (Å²) in [5.41, 5.74) is 1.40. The molecule has 2 rings (SSSR count). The molecular weight excluding hydrogens is 160 g/mol. The van der Waals surface area contributed by atoms with Gasteiger partial charge in [-0.3, -0.25) is 0 Å². The Morgan fingerprint density at radius 1 is 1.38 bits per heavy atom. The summed E-state index contributed by atoms with van der Waals surface area (Å²) < 4.78 is 2.33. The zero-order valence-corrected chi connectivity index (χ0v) is 8.96. The van der Waals surface area contributed by atoms with Crippen LogP contribution in [-0.2, 0) is 5.54 Å². The van der Waals surface area contributed by atoms with Crippen molar-refractivity contribution in [2.45, 2.75) is 46.1 Å². The standard InChI is InChI=1S/C11H18N2/c1-8-7-13(9(2)12-8)11(3,4)10-5-6-10/h7,10H,5-6H2,1-4H3. The van der Waals surface area contributed by atoms with Gasteiger partial charge in [-0.2, -0.15) is 0 Å². The fourth-order valence-electron chi connectivity index (χ4n) is 2.19. The molecule has 1 heterocycles. The maximum atomic E-state index is 4.45. The van der Waals surface area contributed by atoms with Crippen molar-refractivity contribution in [3.05, 3.63) is 17.7 Å². The lowest BCUT2D eigenvalue weighted by molar-refractivity contribution is 0.298. The molecule has 0 aromatic carbocycles. The summed E-state index contributed by atoms with van der Waals surface area (Å²) >= 11 is 0. The van der Waals surface area contributed by atoms with Gasteiger partial charge in [0.1, 0.15) is 5.82 Å². The minimum atomic E-state index is 0.269. The summed E-state index contributed by atoms with van der Waals surface area (Å²) in [6.45, 7) is 8.79. The highest BCUT2D eigenvalue weighted by molar-refractivity contribution is 5.07. The van der Waals surface area contributed by atoms with E-state index in [9.17, 15) is 0 Å². The molecule has 1 fully saturated rings. The van der Waals surface area contributed by atoms with Crippen molar-refractivity contribution in [2.24, 2.45) is 5.92 Å². The molecule has 1 saturated carbocycles. The van der Waals surface area contributed by atoms with E-state index in [1.165, 1.54) is 12.8 Å². The summed E-state index contributed by atoms with van der Waals surface area (Å²) in [6.07, 6.45) is 4.93. The van der Waals surface area contributed by atoms with Crippen molar-refractivity contribution < 1.29 is 0 Å². The molecule has 2 heteroatoms. The van der Waals surface area contributed by atoms with E-state index < -0.39 is 0 Å². The van der Waals surface area contributed by atoms with Gasteiger partial charge in [0.2, 0.25) is 0 Å². The highest BCUT2D eigenvalue weighted by Gasteiger charge is 2.39. The molecule has 0 spiro atoms. The quantitative estimate of drug-likeness (QED) is 0.680. The molecule has 1 aliphatic rings. The van der Waals surface area contributed by atoms with E-state index in [1.807, 2.05) is 0 Å². The summed E-state index contributed by atoms with van der Waals surface area (Å²) in [6, 6.07) is 0. The Labute approximate surface area is 80.0 Å². The fraction of sp³-hybridized carbons (Fsp3) is 0.727. The molecule has 1 aromatic rings. The van der Waals surface area contributed by atoms with Crippen LogP contribution in [0.2, 0.25) is 0 Å². The first-order chi connectivity index (χ1) is 6.01. The zero-order valence-electron chi connectivity index (χ0n) is 8.96. The number of nitrogens with zero attached hydrogens (tertiary/aromatic N) is 2. The highest BCUT2D eigenvalue weighted by Crippen LogP contribution is 2.44. The Morgan fingerprint density at radius 2 is 2.00 bits per heavy atom. The van der Waals surface area contributed by atoms with Gasteiger partial charge >= 0.3 is 0 Å². The first-order valence-corrected chi connectivity index (χ1v) is 5.05. The lowest BCUT2D eigenvalue weighted by Crippen LogP contribution is -2.29. The van der Waals surface area contributed by atoms with Gasteiger partial charge in [-0.15, -0.1) is 0 Å². The van der Waals surface area contributed by atoms with Crippen molar-refractivity contribution in [3.63, 3.8) is 0 Å². The second-order valence-corrected chi connectivity index (χ2v) is 4.73. The van der Waals surface area contributed by atoms with Crippen LogP contribution in [-0.4, -0.2) is 9.55 Å². The van der Waals surface area contributed by atoms with Crippen LogP contribution in [0.5, 0.6) is 0 Å². The van der Waals surface area contributed by atoms with Crippen molar-refractivity contribution in [3.8, 4) is 0 Å². The Hall–Kier alpha value is -0.790. The smallest absolute Gasteiger partial charge is 0.106 e. The first kappa shape index (κ1) is 8.79. The van der Waals surface area contributed by atoms with E-state index in [-0.39, 0.29) is 5.54 Å². The molecule has 0 unspecified atom stereocenters. The number of hydrogen-bond acceptors (Lipinski definition) is 1. The molecule has 0 radical (unpaired) electrons. The number of aryl methyl sites for hydroxylation is 2. The Kier molecular flexibility index (Phi) is 1.76. The molecule has 2 nitrogen and oxygen atoms in total. The van der Waals surface area contributed by atoms with E-state index in [0.29, 0.717) is 0 Å². The molecule has 0 aliphatic heterocycles. The van der Waals surface area contributed by atoms with Crippen LogP contribution in [0.1, 0.15) is 38.2 Å². The maximum Gasteiger partial charge on any atom is 0.106 e. The third-order valence-corrected chi connectivity index (χ3v) is 3.20. The molecule has 72 valence electrons. The molecule has 0 atom stereocenters. The summed E-state index contributed by atoms with van der Waals surface area (Å²) in [7, 11) is 0. The van der Waals surface area contributed by atoms with Crippen LogP contribution in [0.25, 0.3) is 0 Å². The van der Waals surface area contributed by atoms with Gasteiger partial charge in [-0.25, -0.2) is 4.98 Å². The SMILES string of the molecule is Cc1cn(C(C)(C)C2CC2)c(C)n1. The molecule has 0 saturated heterocycles. The first-order valence-electron chi connectivity index (χ1n) is 5.05. The molecule has 13 heavy (non-hydrogen) atoms. The highest BCUT2D eigenvalue weighted by atomic mass is 15.1. The minimum absolute atomic E-state index is 0.269. The molecule has 1 aliphatic carbocycles. The summed E-state index contributed by atoms with van der Waals surface area (Å²) in [4.78, 5) is 4.45. The predicted molar refractivity (Wildman–Crippen MR) is 53.7 cm³/mol. The Balaban J connectivity index is 2.37. The Morgan fingerprint density at radius 3 is 2.38 bits per heavy atom. The molecule has 0 bridgehead atoms. The van der Waals surface area contributed by atoms with Gasteiger partial charge in [-0.05, 0) is 46.5 Å².